The molecule has 1 fully saturated rings. The fourth-order valence-electron chi connectivity index (χ4n) is 4.59. The van der Waals surface area contributed by atoms with Crippen molar-refractivity contribution < 1.29 is 23.4 Å². The fourth-order valence-corrected chi connectivity index (χ4v) is 4.59. The summed E-state index contributed by atoms with van der Waals surface area (Å²) < 4.78 is 34.5. The van der Waals surface area contributed by atoms with Crippen LogP contribution >= 0.6 is 0 Å². The van der Waals surface area contributed by atoms with Gasteiger partial charge in [0.2, 0.25) is 0 Å². The number of nitrogens with zero attached hydrogens (tertiary/aromatic N) is 3. The van der Waals surface area contributed by atoms with Crippen LogP contribution in [0.3, 0.4) is 0 Å². The van der Waals surface area contributed by atoms with Gasteiger partial charge in [0.05, 0.1) is 24.5 Å². The molecule has 4 rings (SSSR count). The molecule has 0 bridgehead atoms. The average molecular weight is 420 g/mol. The van der Waals surface area contributed by atoms with E-state index in [4.69, 9.17) is 4.74 Å². The summed E-state index contributed by atoms with van der Waals surface area (Å²) in [4.78, 5) is 15.7. The van der Waals surface area contributed by atoms with E-state index >= 15 is 0 Å². The number of aromatic amines is 1. The van der Waals surface area contributed by atoms with E-state index in [9.17, 15) is 18.7 Å². The quantitative estimate of drug-likeness (QED) is 0.792. The van der Waals surface area contributed by atoms with Gasteiger partial charge in [0.25, 0.3) is 0 Å². The number of fused-ring (bicyclic) bond motifs is 1. The predicted octanol–water partition coefficient (Wildman–Crippen LogP) is 3.68. The number of benzene rings is 1. The number of nitrogens with one attached hydrogen (secondary N) is 1. The molecule has 1 saturated heterocycles. The lowest BCUT2D eigenvalue weighted by atomic mass is 9.88. The normalized spacial score (nSPS) is 24.6. The average Bonchev–Trinajstić information content (AvgIpc) is 3.24. The van der Waals surface area contributed by atoms with Gasteiger partial charge in [0.1, 0.15) is 17.7 Å². The third-order valence-electron chi connectivity index (χ3n) is 5.91. The predicted molar refractivity (Wildman–Crippen MR) is 105 cm³/mol. The van der Waals surface area contributed by atoms with E-state index < -0.39 is 35.4 Å². The second-order valence-electron chi connectivity index (χ2n) is 8.98. The monoisotopic (exact) mass is 420 g/mol. The Hall–Kier alpha value is -2.52. The van der Waals surface area contributed by atoms with Crippen molar-refractivity contribution in [2.75, 3.05) is 6.61 Å². The molecule has 0 unspecified atom stereocenters. The molecule has 2 aromatic rings. The van der Waals surface area contributed by atoms with E-state index in [0.717, 1.165) is 29.5 Å². The van der Waals surface area contributed by atoms with Crippen molar-refractivity contribution in [1.82, 2.24) is 20.0 Å². The van der Waals surface area contributed by atoms with Gasteiger partial charge in [-0.3, -0.25) is 14.9 Å². The molecule has 2 aliphatic heterocycles. The molecule has 3 atom stereocenters. The van der Waals surface area contributed by atoms with Crippen molar-refractivity contribution in [3.63, 3.8) is 0 Å². The maximum Gasteiger partial charge on any atom is 0.408 e. The molecule has 0 radical (unpaired) electrons. The topological polar surface area (TPSA) is 81.7 Å². The van der Waals surface area contributed by atoms with Crippen LogP contribution < -0.4 is 0 Å². The summed E-state index contributed by atoms with van der Waals surface area (Å²) in [6.45, 7) is 7.01. The maximum atomic E-state index is 14.6. The molecule has 7 nitrogen and oxygen atoms in total. The number of carboxylic acid groups (broad SMARTS) is 1. The molecule has 0 aliphatic carbocycles. The molecule has 2 aliphatic rings. The van der Waals surface area contributed by atoms with Gasteiger partial charge in [-0.05, 0) is 45.4 Å². The second kappa shape index (κ2) is 7.63. The zero-order chi connectivity index (χ0) is 21.6. The van der Waals surface area contributed by atoms with E-state index in [1.54, 1.807) is 27.0 Å². The number of H-pyrrole nitrogens is 1. The van der Waals surface area contributed by atoms with E-state index in [-0.39, 0.29) is 11.6 Å². The van der Waals surface area contributed by atoms with Gasteiger partial charge in [-0.25, -0.2) is 13.6 Å². The number of halogens is 2. The molecule has 0 saturated carbocycles. The van der Waals surface area contributed by atoms with Crippen LogP contribution in [-0.4, -0.2) is 55.4 Å². The molecule has 9 heteroatoms. The van der Waals surface area contributed by atoms with Crippen LogP contribution in [0.1, 0.15) is 50.1 Å². The SMILES string of the molecule is CC(C)(C)N(C(=O)O)[C@H]1C[C@@H](N2Cc3cn[nH]c3C2)CO[C@@H]1c1cc(F)ccc1F. The van der Waals surface area contributed by atoms with Gasteiger partial charge in [0, 0.05) is 35.8 Å². The molecule has 2 N–H and O–H groups in total. The lowest BCUT2D eigenvalue weighted by Crippen LogP contribution is -2.58. The molecule has 1 amide bonds. The zero-order valence-electron chi connectivity index (χ0n) is 17.2. The highest BCUT2D eigenvalue weighted by Gasteiger charge is 2.45. The van der Waals surface area contributed by atoms with Gasteiger partial charge < -0.3 is 9.84 Å². The van der Waals surface area contributed by atoms with Crippen LogP contribution in [0.5, 0.6) is 0 Å². The smallest absolute Gasteiger partial charge is 0.408 e. The minimum absolute atomic E-state index is 0.0461. The number of amides is 1. The number of hydrogen-bond donors (Lipinski definition) is 2. The van der Waals surface area contributed by atoms with Crippen molar-refractivity contribution in [1.29, 1.82) is 0 Å². The van der Waals surface area contributed by atoms with Gasteiger partial charge >= 0.3 is 6.09 Å². The standard InChI is InChI=1S/C21H26F2N4O3/c1-21(2,3)27(20(28)29)18-7-14(26-9-12-8-24-25-17(12)10-26)11-30-19(18)15-6-13(22)4-5-16(15)23/h4-6,8,14,18-19H,7,9-11H2,1-3H3,(H,24,25)(H,28,29)/t14-,18+,19-/m1/s1. The zero-order valence-corrected chi connectivity index (χ0v) is 17.2. The first-order valence-corrected chi connectivity index (χ1v) is 9.99. The highest BCUT2D eigenvalue weighted by atomic mass is 19.1. The van der Waals surface area contributed by atoms with Crippen molar-refractivity contribution in [2.24, 2.45) is 0 Å². The summed E-state index contributed by atoms with van der Waals surface area (Å²) in [6, 6.07) is 2.47. The van der Waals surface area contributed by atoms with Crippen LogP contribution in [0, 0.1) is 11.6 Å². The summed E-state index contributed by atoms with van der Waals surface area (Å²) in [5, 5.41) is 17.0. The Kier molecular flexibility index (Phi) is 5.27. The number of carbonyl (C=O) groups is 1. The number of rotatable bonds is 3. The largest absolute Gasteiger partial charge is 0.465 e. The van der Waals surface area contributed by atoms with Gasteiger partial charge in [-0.15, -0.1) is 0 Å². The lowest BCUT2D eigenvalue weighted by molar-refractivity contribution is -0.102. The van der Waals surface area contributed by atoms with Crippen LogP contribution in [0.4, 0.5) is 13.6 Å². The number of hydrogen-bond acceptors (Lipinski definition) is 4. The Morgan fingerprint density at radius 3 is 2.77 bits per heavy atom. The lowest BCUT2D eigenvalue weighted by Gasteiger charge is -2.48. The summed E-state index contributed by atoms with van der Waals surface area (Å²) in [6.07, 6.45) is 0.228. The highest BCUT2D eigenvalue weighted by molar-refractivity contribution is 5.66. The summed E-state index contributed by atoms with van der Waals surface area (Å²) in [5.41, 5.74) is 1.44. The first-order chi connectivity index (χ1) is 14.1. The Bertz CT molecular complexity index is 922. The summed E-state index contributed by atoms with van der Waals surface area (Å²) >= 11 is 0. The van der Waals surface area contributed by atoms with Crippen LogP contribution in [0.25, 0.3) is 0 Å². The third-order valence-corrected chi connectivity index (χ3v) is 5.91. The summed E-state index contributed by atoms with van der Waals surface area (Å²) in [5.74, 6) is -1.19. The first kappa shape index (κ1) is 20.7. The Labute approximate surface area is 173 Å². The van der Waals surface area contributed by atoms with E-state index in [0.29, 0.717) is 26.1 Å². The third kappa shape index (κ3) is 3.79. The molecular formula is C21H26F2N4O3. The Morgan fingerprint density at radius 2 is 2.10 bits per heavy atom. The van der Waals surface area contributed by atoms with Gasteiger partial charge in [-0.2, -0.15) is 5.10 Å². The molecule has 0 spiro atoms. The Balaban J connectivity index is 1.66. The molecular weight excluding hydrogens is 394 g/mol. The molecule has 3 heterocycles. The highest BCUT2D eigenvalue weighted by Crippen LogP contribution is 2.39. The van der Waals surface area contributed by atoms with E-state index in [2.05, 4.69) is 15.1 Å². The fraction of sp³-hybridized carbons (Fsp3) is 0.524. The van der Waals surface area contributed by atoms with Crippen LogP contribution in [-0.2, 0) is 17.8 Å². The molecule has 30 heavy (non-hydrogen) atoms. The van der Waals surface area contributed by atoms with Crippen molar-refractivity contribution in [2.45, 2.75) is 64.0 Å². The van der Waals surface area contributed by atoms with Crippen molar-refractivity contribution in [3.8, 4) is 0 Å². The Morgan fingerprint density at radius 1 is 1.33 bits per heavy atom. The molecule has 1 aromatic heterocycles. The van der Waals surface area contributed by atoms with E-state index in [1.165, 1.54) is 4.90 Å². The van der Waals surface area contributed by atoms with Crippen molar-refractivity contribution >= 4 is 6.09 Å². The molecule has 1 aromatic carbocycles. The van der Waals surface area contributed by atoms with Gasteiger partial charge in [-0.1, -0.05) is 0 Å². The van der Waals surface area contributed by atoms with Crippen molar-refractivity contribution in [3.05, 3.63) is 52.9 Å². The summed E-state index contributed by atoms with van der Waals surface area (Å²) in [7, 11) is 0. The second-order valence-corrected chi connectivity index (χ2v) is 8.98. The minimum Gasteiger partial charge on any atom is -0.465 e. The molecule has 162 valence electrons. The van der Waals surface area contributed by atoms with Crippen LogP contribution in [0.15, 0.2) is 24.4 Å². The van der Waals surface area contributed by atoms with Gasteiger partial charge in [0.15, 0.2) is 0 Å². The maximum absolute atomic E-state index is 14.6. The number of aromatic nitrogens is 2. The number of ether oxygens (including phenoxy) is 1. The van der Waals surface area contributed by atoms with Crippen LogP contribution in [0.2, 0.25) is 0 Å². The minimum atomic E-state index is -1.12. The first-order valence-electron chi connectivity index (χ1n) is 9.99. The van der Waals surface area contributed by atoms with E-state index in [1.807, 2.05) is 0 Å².